The Balaban J connectivity index is 1.52. The van der Waals surface area contributed by atoms with E-state index in [2.05, 4.69) is 10.2 Å². The molecule has 3 heterocycles. The van der Waals surface area contributed by atoms with Gasteiger partial charge in [-0.2, -0.15) is 0 Å². The highest BCUT2D eigenvalue weighted by Crippen LogP contribution is 2.35. The third kappa shape index (κ3) is 3.72. The SMILES string of the molecule is O=c1[nH]nc(SCc2cc(Cl)cc3c2OCOC3)n1CC1CCCO1. The second-order valence-corrected chi connectivity index (χ2v) is 7.39. The Kier molecular flexibility index (Phi) is 5.03. The smallest absolute Gasteiger partial charge is 0.344 e. The molecule has 7 nitrogen and oxygen atoms in total. The van der Waals surface area contributed by atoms with E-state index in [9.17, 15) is 4.79 Å². The van der Waals surface area contributed by atoms with Crippen LogP contribution in [0.2, 0.25) is 5.02 Å². The van der Waals surface area contributed by atoms with Gasteiger partial charge in [0.05, 0.1) is 19.3 Å². The molecular formula is C16H18ClN3O4S. The lowest BCUT2D eigenvalue weighted by molar-refractivity contribution is -0.0168. The number of nitrogens with one attached hydrogen (secondary N) is 1. The van der Waals surface area contributed by atoms with E-state index in [4.69, 9.17) is 25.8 Å². The number of rotatable bonds is 5. The first-order valence-corrected chi connectivity index (χ1v) is 9.48. The number of aromatic amines is 1. The zero-order chi connectivity index (χ0) is 17.2. The molecule has 9 heteroatoms. The Morgan fingerprint density at radius 2 is 2.36 bits per heavy atom. The molecule has 1 N–H and O–H groups in total. The van der Waals surface area contributed by atoms with Gasteiger partial charge in [0.15, 0.2) is 11.9 Å². The summed E-state index contributed by atoms with van der Waals surface area (Å²) in [7, 11) is 0. The van der Waals surface area contributed by atoms with Crippen LogP contribution in [-0.4, -0.2) is 34.3 Å². The van der Waals surface area contributed by atoms with Gasteiger partial charge in [-0.25, -0.2) is 9.89 Å². The van der Waals surface area contributed by atoms with E-state index in [1.807, 2.05) is 12.1 Å². The Morgan fingerprint density at radius 3 is 3.20 bits per heavy atom. The molecule has 4 rings (SSSR count). The van der Waals surface area contributed by atoms with Crippen molar-refractivity contribution >= 4 is 23.4 Å². The number of ether oxygens (including phenoxy) is 3. The van der Waals surface area contributed by atoms with Gasteiger partial charge in [-0.1, -0.05) is 23.4 Å². The maximum absolute atomic E-state index is 12.0. The van der Waals surface area contributed by atoms with Crippen molar-refractivity contribution in [3.8, 4) is 5.75 Å². The topological polar surface area (TPSA) is 78.4 Å². The van der Waals surface area contributed by atoms with E-state index in [0.717, 1.165) is 36.3 Å². The van der Waals surface area contributed by atoms with Crippen molar-refractivity contribution in [2.75, 3.05) is 13.4 Å². The van der Waals surface area contributed by atoms with Crippen molar-refractivity contribution in [2.45, 2.75) is 43.0 Å². The van der Waals surface area contributed by atoms with Crippen LogP contribution < -0.4 is 10.4 Å². The van der Waals surface area contributed by atoms with Crippen LogP contribution in [0, 0.1) is 0 Å². The minimum Gasteiger partial charge on any atom is -0.467 e. The standard InChI is InChI=1S/C16H18ClN3O4S/c17-12-4-10-7-22-9-24-14(10)11(5-12)8-25-16-19-18-15(21)20(16)6-13-2-1-3-23-13/h4-5,13H,1-3,6-9H2,(H,18,21). The maximum atomic E-state index is 12.0. The summed E-state index contributed by atoms with van der Waals surface area (Å²) in [4.78, 5) is 12.0. The van der Waals surface area contributed by atoms with Crippen LogP contribution in [0.4, 0.5) is 0 Å². The Labute approximate surface area is 153 Å². The highest BCUT2D eigenvalue weighted by molar-refractivity contribution is 7.98. The third-order valence-corrected chi connectivity index (χ3v) is 5.49. The van der Waals surface area contributed by atoms with Gasteiger partial charge in [0.2, 0.25) is 0 Å². The van der Waals surface area contributed by atoms with Crippen molar-refractivity contribution in [3.05, 3.63) is 38.8 Å². The molecule has 134 valence electrons. The molecule has 1 atom stereocenters. The summed E-state index contributed by atoms with van der Waals surface area (Å²) >= 11 is 7.67. The Hall–Kier alpha value is -1.48. The molecule has 0 saturated carbocycles. The van der Waals surface area contributed by atoms with Gasteiger partial charge in [-0.15, -0.1) is 5.10 Å². The number of halogens is 1. The van der Waals surface area contributed by atoms with Crippen LogP contribution in [0.1, 0.15) is 24.0 Å². The zero-order valence-corrected chi connectivity index (χ0v) is 15.1. The molecule has 2 aliphatic heterocycles. The lowest BCUT2D eigenvalue weighted by Gasteiger charge is -2.21. The van der Waals surface area contributed by atoms with Crippen LogP contribution in [0.5, 0.6) is 5.75 Å². The third-order valence-electron chi connectivity index (χ3n) is 4.24. The fourth-order valence-electron chi connectivity index (χ4n) is 3.07. The molecule has 1 saturated heterocycles. The zero-order valence-electron chi connectivity index (χ0n) is 13.5. The molecule has 1 fully saturated rings. The predicted molar refractivity (Wildman–Crippen MR) is 93.1 cm³/mol. The number of thioether (sulfide) groups is 1. The van der Waals surface area contributed by atoms with E-state index in [1.54, 1.807) is 4.57 Å². The molecule has 2 aliphatic rings. The quantitative estimate of drug-likeness (QED) is 0.799. The number of hydrogen-bond donors (Lipinski definition) is 1. The van der Waals surface area contributed by atoms with Crippen molar-refractivity contribution in [2.24, 2.45) is 0 Å². The number of nitrogens with zero attached hydrogens (tertiary/aromatic N) is 2. The summed E-state index contributed by atoms with van der Waals surface area (Å²) in [5, 5.41) is 7.95. The molecule has 0 aliphatic carbocycles. The molecule has 0 spiro atoms. The highest BCUT2D eigenvalue weighted by Gasteiger charge is 2.21. The predicted octanol–water partition coefficient (Wildman–Crippen LogP) is 2.56. The second-order valence-electron chi connectivity index (χ2n) is 6.01. The van der Waals surface area contributed by atoms with E-state index in [-0.39, 0.29) is 18.6 Å². The molecule has 2 aromatic rings. The number of H-pyrrole nitrogens is 1. The number of fused-ring (bicyclic) bond motifs is 1. The van der Waals surface area contributed by atoms with E-state index in [1.165, 1.54) is 11.8 Å². The normalized spacial score (nSPS) is 19.6. The molecule has 1 aromatic carbocycles. The highest BCUT2D eigenvalue weighted by atomic mass is 35.5. The largest absolute Gasteiger partial charge is 0.467 e. The summed E-state index contributed by atoms with van der Waals surface area (Å²) < 4.78 is 18.2. The van der Waals surface area contributed by atoms with Gasteiger partial charge in [0, 0.05) is 28.5 Å². The van der Waals surface area contributed by atoms with E-state index >= 15 is 0 Å². The van der Waals surface area contributed by atoms with E-state index in [0.29, 0.717) is 29.1 Å². The van der Waals surface area contributed by atoms with Gasteiger partial charge in [0.25, 0.3) is 0 Å². The van der Waals surface area contributed by atoms with E-state index < -0.39 is 0 Å². The molecule has 0 amide bonds. The maximum Gasteiger partial charge on any atom is 0.344 e. The van der Waals surface area contributed by atoms with Crippen LogP contribution in [0.3, 0.4) is 0 Å². The van der Waals surface area contributed by atoms with Gasteiger partial charge in [0.1, 0.15) is 5.75 Å². The first kappa shape index (κ1) is 17.0. The monoisotopic (exact) mass is 383 g/mol. The van der Waals surface area contributed by atoms with Gasteiger partial charge >= 0.3 is 5.69 Å². The van der Waals surface area contributed by atoms with Crippen LogP contribution in [0.25, 0.3) is 0 Å². The Bertz CT molecular complexity index is 816. The number of hydrogen-bond acceptors (Lipinski definition) is 6. The van der Waals surface area contributed by atoms with Gasteiger partial charge in [-0.3, -0.25) is 4.57 Å². The molecular weight excluding hydrogens is 366 g/mol. The Morgan fingerprint density at radius 1 is 1.44 bits per heavy atom. The van der Waals surface area contributed by atoms with Crippen molar-refractivity contribution in [3.63, 3.8) is 0 Å². The first-order chi connectivity index (χ1) is 12.2. The van der Waals surface area contributed by atoms with Gasteiger partial charge in [-0.05, 0) is 25.0 Å². The number of benzene rings is 1. The molecule has 1 unspecified atom stereocenters. The van der Waals surface area contributed by atoms with Crippen LogP contribution in [-0.2, 0) is 28.4 Å². The van der Waals surface area contributed by atoms with Gasteiger partial charge < -0.3 is 14.2 Å². The molecule has 25 heavy (non-hydrogen) atoms. The first-order valence-electron chi connectivity index (χ1n) is 8.12. The van der Waals surface area contributed by atoms with Crippen LogP contribution in [0.15, 0.2) is 22.1 Å². The summed E-state index contributed by atoms with van der Waals surface area (Å²) in [6, 6.07) is 3.74. The molecule has 0 radical (unpaired) electrons. The summed E-state index contributed by atoms with van der Waals surface area (Å²) in [6.45, 7) is 2.00. The summed E-state index contributed by atoms with van der Waals surface area (Å²) in [6.07, 6.45) is 2.08. The fourth-order valence-corrected chi connectivity index (χ4v) is 4.26. The second kappa shape index (κ2) is 7.41. The lowest BCUT2D eigenvalue weighted by Crippen LogP contribution is -2.25. The average molecular weight is 384 g/mol. The van der Waals surface area contributed by atoms with Crippen molar-refractivity contribution in [1.82, 2.24) is 14.8 Å². The summed E-state index contributed by atoms with van der Waals surface area (Å²) in [5.74, 6) is 1.41. The lowest BCUT2D eigenvalue weighted by atomic mass is 10.1. The number of aromatic nitrogens is 3. The van der Waals surface area contributed by atoms with Crippen molar-refractivity contribution < 1.29 is 14.2 Å². The van der Waals surface area contributed by atoms with Crippen LogP contribution >= 0.6 is 23.4 Å². The fraction of sp³-hybridized carbons (Fsp3) is 0.500. The molecule has 1 aromatic heterocycles. The minimum absolute atomic E-state index is 0.0778. The average Bonchev–Trinajstić information content (AvgIpc) is 3.24. The van der Waals surface area contributed by atoms with Crippen molar-refractivity contribution in [1.29, 1.82) is 0 Å². The molecule has 0 bridgehead atoms. The minimum atomic E-state index is -0.212. The summed E-state index contributed by atoms with van der Waals surface area (Å²) in [5.41, 5.74) is 1.69.